The molecule has 0 aliphatic rings. The van der Waals surface area contributed by atoms with E-state index in [1.807, 2.05) is 0 Å². The summed E-state index contributed by atoms with van der Waals surface area (Å²) in [6.07, 6.45) is -2.74. The minimum Gasteiger partial charge on any atom is -0.357 e. The zero-order valence-corrected chi connectivity index (χ0v) is 9.97. The van der Waals surface area contributed by atoms with Crippen molar-refractivity contribution in [2.45, 2.75) is 20.0 Å². The van der Waals surface area contributed by atoms with E-state index in [1.165, 1.54) is 11.1 Å². The number of alkyl halides is 3. The standard InChI is InChI=1S/C10H15F3N4/c1-4-17(6-10(11,12)13)8-7(2)5-15-9(14-3)16-8/h5H,4,6H2,1-3H3,(H,14,15,16). The van der Waals surface area contributed by atoms with E-state index in [9.17, 15) is 13.2 Å². The fraction of sp³-hybridized carbons (Fsp3) is 0.600. The van der Waals surface area contributed by atoms with Crippen LogP contribution in [0.5, 0.6) is 0 Å². The summed E-state index contributed by atoms with van der Waals surface area (Å²) in [5, 5.41) is 2.71. The molecule has 1 heterocycles. The number of aromatic nitrogens is 2. The predicted molar refractivity (Wildman–Crippen MR) is 60.3 cm³/mol. The van der Waals surface area contributed by atoms with Gasteiger partial charge >= 0.3 is 6.18 Å². The number of hydrogen-bond donors (Lipinski definition) is 1. The summed E-state index contributed by atoms with van der Waals surface area (Å²) < 4.78 is 37.2. The third-order valence-corrected chi connectivity index (χ3v) is 2.22. The zero-order valence-electron chi connectivity index (χ0n) is 9.97. The van der Waals surface area contributed by atoms with Crippen LogP contribution in [0.4, 0.5) is 24.9 Å². The summed E-state index contributed by atoms with van der Waals surface area (Å²) in [7, 11) is 1.62. The molecule has 17 heavy (non-hydrogen) atoms. The Bertz CT molecular complexity index is 378. The molecule has 4 nitrogen and oxygen atoms in total. The molecular weight excluding hydrogens is 233 g/mol. The summed E-state index contributed by atoms with van der Waals surface area (Å²) in [6.45, 7) is 2.57. The van der Waals surface area contributed by atoms with Crippen LogP contribution >= 0.6 is 0 Å². The fourth-order valence-corrected chi connectivity index (χ4v) is 1.43. The summed E-state index contributed by atoms with van der Waals surface area (Å²) in [4.78, 5) is 9.17. The molecule has 1 aromatic heterocycles. The zero-order chi connectivity index (χ0) is 13.1. The Balaban J connectivity index is 3.02. The molecule has 1 rings (SSSR count). The average molecular weight is 248 g/mol. The van der Waals surface area contributed by atoms with Crippen molar-refractivity contribution in [3.8, 4) is 0 Å². The van der Waals surface area contributed by atoms with Crippen molar-refractivity contribution in [2.24, 2.45) is 0 Å². The van der Waals surface area contributed by atoms with E-state index >= 15 is 0 Å². The van der Waals surface area contributed by atoms with E-state index in [2.05, 4.69) is 15.3 Å². The highest BCUT2D eigenvalue weighted by Crippen LogP contribution is 2.23. The Morgan fingerprint density at radius 3 is 2.53 bits per heavy atom. The fourth-order valence-electron chi connectivity index (χ4n) is 1.43. The van der Waals surface area contributed by atoms with E-state index in [-0.39, 0.29) is 6.54 Å². The van der Waals surface area contributed by atoms with E-state index in [0.29, 0.717) is 17.3 Å². The average Bonchev–Trinajstić information content (AvgIpc) is 2.25. The van der Waals surface area contributed by atoms with Crippen LogP contribution in [-0.4, -0.2) is 36.3 Å². The minimum absolute atomic E-state index is 0.237. The van der Waals surface area contributed by atoms with E-state index in [4.69, 9.17) is 0 Å². The number of nitrogens with one attached hydrogen (secondary N) is 1. The van der Waals surface area contributed by atoms with Crippen LogP contribution in [0, 0.1) is 6.92 Å². The van der Waals surface area contributed by atoms with Gasteiger partial charge in [-0.2, -0.15) is 18.2 Å². The molecule has 7 heteroatoms. The Kier molecular flexibility index (Phi) is 4.14. The van der Waals surface area contributed by atoms with Crippen molar-refractivity contribution in [1.29, 1.82) is 0 Å². The summed E-state index contributed by atoms with van der Waals surface area (Å²) >= 11 is 0. The molecule has 1 N–H and O–H groups in total. The van der Waals surface area contributed by atoms with Crippen LogP contribution in [0.25, 0.3) is 0 Å². The monoisotopic (exact) mass is 248 g/mol. The highest BCUT2D eigenvalue weighted by Gasteiger charge is 2.31. The van der Waals surface area contributed by atoms with Gasteiger partial charge < -0.3 is 10.2 Å². The van der Waals surface area contributed by atoms with Crippen molar-refractivity contribution in [2.75, 3.05) is 30.4 Å². The molecule has 96 valence electrons. The lowest BCUT2D eigenvalue weighted by atomic mass is 10.3. The molecule has 0 unspecified atom stereocenters. The first-order valence-electron chi connectivity index (χ1n) is 5.20. The van der Waals surface area contributed by atoms with Gasteiger partial charge in [0.05, 0.1) is 0 Å². The van der Waals surface area contributed by atoms with Gasteiger partial charge in [-0.1, -0.05) is 0 Å². The highest BCUT2D eigenvalue weighted by atomic mass is 19.4. The predicted octanol–water partition coefficient (Wildman–Crippen LogP) is 2.22. The Morgan fingerprint density at radius 1 is 1.41 bits per heavy atom. The van der Waals surface area contributed by atoms with Gasteiger partial charge in [0.2, 0.25) is 5.95 Å². The van der Waals surface area contributed by atoms with E-state index in [0.717, 1.165) is 0 Å². The lowest BCUT2D eigenvalue weighted by Crippen LogP contribution is -2.35. The number of aryl methyl sites for hydroxylation is 1. The lowest BCUT2D eigenvalue weighted by Gasteiger charge is -2.24. The van der Waals surface area contributed by atoms with Gasteiger partial charge in [-0.05, 0) is 13.8 Å². The van der Waals surface area contributed by atoms with Gasteiger partial charge in [0, 0.05) is 25.4 Å². The van der Waals surface area contributed by atoms with Gasteiger partial charge in [0.25, 0.3) is 0 Å². The number of rotatable bonds is 4. The SMILES string of the molecule is CCN(CC(F)(F)F)c1nc(NC)ncc1C. The maximum absolute atomic E-state index is 12.4. The Morgan fingerprint density at radius 2 is 2.06 bits per heavy atom. The van der Waals surface area contributed by atoms with Crippen LogP contribution in [0.2, 0.25) is 0 Å². The van der Waals surface area contributed by atoms with Gasteiger partial charge in [-0.3, -0.25) is 0 Å². The maximum atomic E-state index is 12.4. The number of hydrogen-bond acceptors (Lipinski definition) is 4. The molecule has 0 spiro atoms. The molecule has 0 aliphatic heterocycles. The molecule has 0 saturated carbocycles. The van der Waals surface area contributed by atoms with Crippen LogP contribution in [0.1, 0.15) is 12.5 Å². The number of nitrogens with zero attached hydrogens (tertiary/aromatic N) is 3. The molecule has 0 fully saturated rings. The van der Waals surface area contributed by atoms with E-state index < -0.39 is 12.7 Å². The maximum Gasteiger partial charge on any atom is 0.405 e. The molecule has 0 bridgehead atoms. The van der Waals surface area contributed by atoms with Crippen molar-refractivity contribution < 1.29 is 13.2 Å². The molecule has 0 saturated heterocycles. The second kappa shape index (κ2) is 5.20. The molecule has 0 atom stereocenters. The van der Waals surface area contributed by atoms with Gasteiger partial charge in [0.15, 0.2) is 0 Å². The summed E-state index contributed by atoms with van der Waals surface area (Å²) in [5.41, 5.74) is 0.620. The van der Waals surface area contributed by atoms with Crippen molar-refractivity contribution in [1.82, 2.24) is 9.97 Å². The van der Waals surface area contributed by atoms with Crippen molar-refractivity contribution in [3.63, 3.8) is 0 Å². The van der Waals surface area contributed by atoms with Crippen LogP contribution < -0.4 is 10.2 Å². The van der Waals surface area contributed by atoms with Gasteiger partial charge in [-0.25, -0.2) is 4.98 Å². The normalized spacial score (nSPS) is 11.4. The largest absolute Gasteiger partial charge is 0.405 e. The Labute approximate surface area is 97.9 Å². The second-order valence-corrected chi connectivity index (χ2v) is 3.58. The Hall–Kier alpha value is -1.53. The smallest absolute Gasteiger partial charge is 0.357 e. The van der Waals surface area contributed by atoms with Crippen LogP contribution in [-0.2, 0) is 0 Å². The molecule has 0 radical (unpaired) electrons. The van der Waals surface area contributed by atoms with Gasteiger partial charge in [0.1, 0.15) is 12.4 Å². The first kappa shape index (κ1) is 13.5. The van der Waals surface area contributed by atoms with Crippen LogP contribution in [0.3, 0.4) is 0 Å². The molecule has 1 aromatic rings. The highest BCUT2D eigenvalue weighted by molar-refractivity contribution is 5.48. The second-order valence-electron chi connectivity index (χ2n) is 3.58. The van der Waals surface area contributed by atoms with E-state index in [1.54, 1.807) is 20.9 Å². The molecule has 0 amide bonds. The van der Waals surface area contributed by atoms with Crippen LogP contribution in [0.15, 0.2) is 6.20 Å². The first-order chi connectivity index (χ1) is 7.87. The summed E-state index contributed by atoms with van der Waals surface area (Å²) in [5.74, 6) is 0.621. The van der Waals surface area contributed by atoms with Gasteiger partial charge in [-0.15, -0.1) is 0 Å². The topological polar surface area (TPSA) is 41.1 Å². The molecule has 0 aliphatic carbocycles. The number of halogens is 3. The summed E-state index contributed by atoms with van der Waals surface area (Å²) in [6, 6.07) is 0. The van der Waals surface area contributed by atoms with Crippen molar-refractivity contribution >= 4 is 11.8 Å². The molecule has 0 aromatic carbocycles. The first-order valence-corrected chi connectivity index (χ1v) is 5.20. The molecular formula is C10H15F3N4. The quantitative estimate of drug-likeness (QED) is 0.887. The third-order valence-electron chi connectivity index (χ3n) is 2.22. The third kappa shape index (κ3) is 3.76. The number of anilines is 2. The minimum atomic E-state index is -4.24. The van der Waals surface area contributed by atoms with Crippen molar-refractivity contribution in [3.05, 3.63) is 11.8 Å². The lowest BCUT2D eigenvalue weighted by molar-refractivity contribution is -0.119.